The van der Waals surface area contributed by atoms with Crippen molar-refractivity contribution < 1.29 is 9.53 Å². The van der Waals surface area contributed by atoms with E-state index in [1.807, 2.05) is 30.8 Å². The van der Waals surface area contributed by atoms with Crippen molar-refractivity contribution in [1.29, 1.82) is 0 Å². The lowest BCUT2D eigenvalue weighted by Gasteiger charge is -2.23. The number of thioether (sulfide) groups is 1. The number of hydrogen-bond acceptors (Lipinski definition) is 6. The highest BCUT2D eigenvalue weighted by atomic mass is 35.5. The van der Waals surface area contributed by atoms with Crippen molar-refractivity contribution in [2.24, 2.45) is 7.05 Å². The van der Waals surface area contributed by atoms with E-state index < -0.39 is 0 Å². The second-order valence-corrected chi connectivity index (χ2v) is 9.57. The third-order valence-electron chi connectivity index (χ3n) is 5.69. The summed E-state index contributed by atoms with van der Waals surface area (Å²) in [6, 6.07) is 15.4. The number of rotatable bonds is 7. The van der Waals surface area contributed by atoms with E-state index in [4.69, 9.17) is 16.3 Å². The van der Waals surface area contributed by atoms with Crippen molar-refractivity contribution in [3.8, 4) is 5.75 Å². The molecule has 8 heteroatoms. The first-order valence-corrected chi connectivity index (χ1v) is 11.6. The van der Waals surface area contributed by atoms with Gasteiger partial charge in [-0.1, -0.05) is 55.4 Å². The average Bonchev–Trinajstić information content (AvgIpc) is 3.22. The molecule has 0 fully saturated rings. The van der Waals surface area contributed by atoms with Crippen LogP contribution < -0.4 is 9.64 Å². The highest BCUT2D eigenvalue weighted by molar-refractivity contribution is 7.99. The minimum atomic E-state index is -0.220. The molecule has 0 saturated heterocycles. The van der Waals surface area contributed by atoms with Gasteiger partial charge in [-0.3, -0.25) is 4.79 Å². The highest BCUT2D eigenvalue weighted by Gasteiger charge is 2.38. The van der Waals surface area contributed by atoms with E-state index in [1.165, 1.54) is 17.3 Å². The molecule has 166 valence electrons. The zero-order valence-corrected chi connectivity index (χ0v) is 20.1. The number of allylic oxidation sites excluding steroid dienone is 2. The van der Waals surface area contributed by atoms with Crippen LogP contribution in [0.25, 0.3) is 0 Å². The van der Waals surface area contributed by atoms with Gasteiger partial charge in [0.05, 0.1) is 5.75 Å². The monoisotopic (exact) mass is 468 g/mol. The lowest BCUT2D eigenvalue weighted by molar-refractivity contribution is -0.112. The lowest BCUT2D eigenvalue weighted by Crippen LogP contribution is -2.24. The van der Waals surface area contributed by atoms with Gasteiger partial charge in [0.2, 0.25) is 0 Å². The molecule has 0 radical (unpaired) electrons. The number of para-hydroxylation sites is 1. The Morgan fingerprint density at radius 3 is 2.56 bits per heavy atom. The number of halogens is 1. The molecule has 1 aliphatic rings. The third kappa shape index (κ3) is 4.40. The van der Waals surface area contributed by atoms with Crippen LogP contribution in [0.4, 0.5) is 5.69 Å². The van der Waals surface area contributed by atoms with E-state index in [0.29, 0.717) is 21.8 Å². The Bertz CT molecular complexity index is 1170. The van der Waals surface area contributed by atoms with E-state index in [1.54, 1.807) is 30.3 Å². The average molecular weight is 469 g/mol. The summed E-state index contributed by atoms with van der Waals surface area (Å²) in [6.07, 6.45) is 1.76. The van der Waals surface area contributed by atoms with Gasteiger partial charge >= 0.3 is 0 Å². The number of benzene rings is 2. The third-order valence-corrected chi connectivity index (χ3v) is 6.98. The molecule has 2 heterocycles. The molecule has 0 atom stereocenters. The van der Waals surface area contributed by atoms with Gasteiger partial charge in [-0.2, -0.15) is 0 Å². The van der Waals surface area contributed by atoms with Crippen LogP contribution in [0.5, 0.6) is 5.75 Å². The number of aromatic nitrogens is 3. The summed E-state index contributed by atoms with van der Waals surface area (Å²) >= 11 is 7.27. The predicted molar refractivity (Wildman–Crippen MR) is 128 cm³/mol. The lowest BCUT2D eigenvalue weighted by atomic mass is 9.83. The van der Waals surface area contributed by atoms with Gasteiger partial charge in [-0.15, -0.1) is 10.2 Å². The molecule has 1 aliphatic heterocycles. The minimum Gasteiger partial charge on any atom is -0.486 e. The van der Waals surface area contributed by atoms with Crippen LogP contribution in [0, 0.1) is 0 Å². The maximum absolute atomic E-state index is 12.8. The second kappa shape index (κ2) is 9.00. The standard InChI is InChI=1S/C24H25ClN4O2S/c1-24(2)19-7-5-6-8-20(19)28(3)21(24)13-17(30)15-32-23-27-26-22(29(23)4)14-31-18-11-9-16(25)10-12-18/h5-13H,14-15H2,1-4H3/b21-13-. The van der Waals surface area contributed by atoms with Gasteiger partial charge in [0, 0.05) is 42.0 Å². The van der Waals surface area contributed by atoms with E-state index in [2.05, 4.69) is 41.1 Å². The van der Waals surface area contributed by atoms with Crippen molar-refractivity contribution in [3.63, 3.8) is 0 Å². The van der Waals surface area contributed by atoms with Crippen LogP contribution in [-0.4, -0.2) is 33.3 Å². The number of ketones is 1. The number of nitrogens with zero attached hydrogens (tertiary/aromatic N) is 4. The maximum atomic E-state index is 12.8. The number of carbonyl (C=O) groups excluding carboxylic acids is 1. The van der Waals surface area contributed by atoms with Crippen LogP contribution in [0.1, 0.15) is 25.2 Å². The summed E-state index contributed by atoms with van der Waals surface area (Å²) in [5.41, 5.74) is 3.15. The number of likely N-dealkylation sites (N-methyl/N-ethyl adjacent to an activating group) is 1. The summed E-state index contributed by atoms with van der Waals surface area (Å²) in [5.74, 6) is 1.71. The van der Waals surface area contributed by atoms with Gasteiger partial charge in [0.1, 0.15) is 12.4 Å². The van der Waals surface area contributed by atoms with Gasteiger partial charge in [-0.25, -0.2) is 0 Å². The largest absolute Gasteiger partial charge is 0.486 e. The summed E-state index contributed by atoms with van der Waals surface area (Å²) in [5, 5.41) is 9.74. The fraction of sp³-hybridized carbons (Fsp3) is 0.292. The van der Waals surface area contributed by atoms with Crippen LogP contribution in [0.3, 0.4) is 0 Å². The SMILES string of the molecule is CN1/C(=C\C(=O)CSc2nnc(COc3ccc(Cl)cc3)n2C)C(C)(C)c2ccccc21. The predicted octanol–water partition coefficient (Wildman–Crippen LogP) is 5.02. The first kappa shape index (κ1) is 22.4. The molecule has 0 N–H and O–H groups in total. The number of anilines is 1. The van der Waals surface area contributed by atoms with Gasteiger partial charge in [-0.05, 0) is 35.9 Å². The fourth-order valence-corrected chi connectivity index (χ4v) is 4.74. The Hall–Kier alpha value is -2.77. The van der Waals surface area contributed by atoms with Gasteiger partial charge in [0.25, 0.3) is 0 Å². The molecule has 0 spiro atoms. The summed E-state index contributed by atoms with van der Waals surface area (Å²) in [4.78, 5) is 14.9. The van der Waals surface area contributed by atoms with Crippen molar-refractivity contribution >= 4 is 34.8 Å². The molecule has 32 heavy (non-hydrogen) atoms. The molecule has 4 rings (SSSR count). The molecule has 0 saturated carbocycles. The quantitative estimate of drug-likeness (QED) is 0.358. The van der Waals surface area contributed by atoms with Crippen molar-refractivity contribution in [1.82, 2.24) is 14.8 Å². The Morgan fingerprint density at radius 2 is 1.84 bits per heavy atom. The highest BCUT2D eigenvalue weighted by Crippen LogP contribution is 2.46. The number of fused-ring (bicyclic) bond motifs is 1. The first-order chi connectivity index (χ1) is 15.3. The van der Waals surface area contributed by atoms with Crippen molar-refractivity contribution in [3.05, 3.63) is 76.7 Å². The van der Waals surface area contributed by atoms with Crippen molar-refractivity contribution in [2.45, 2.75) is 31.0 Å². The molecule has 0 amide bonds. The number of hydrogen-bond donors (Lipinski definition) is 0. The van der Waals surface area contributed by atoms with Crippen LogP contribution in [0.2, 0.25) is 5.02 Å². The summed E-state index contributed by atoms with van der Waals surface area (Å²) < 4.78 is 7.60. The Balaban J connectivity index is 1.39. The van der Waals surface area contributed by atoms with Crippen LogP contribution in [0.15, 0.2) is 65.5 Å². The normalized spacial score (nSPS) is 15.8. The number of carbonyl (C=O) groups is 1. The van der Waals surface area contributed by atoms with Gasteiger partial charge < -0.3 is 14.2 Å². The fourth-order valence-electron chi connectivity index (χ4n) is 3.86. The van der Waals surface area contributed by atoms with Gasteiger partial charge in [0.15, 0.2) is 16.8 Å². The Morgan fingerprint density at radius 1 is 1.12 bits per heavy atom. The smallest absolute Gasteiger partial charge is 0.191 e. The topological polar surface area (TPSA) is 60.3 Å². The molecule has 0 bridgehead atoms. The maximum Gasteiger partial charge on any atom is 0.191 e. The number of ether oxygens (including phenoxy) is 1. The molecule has 0 aliphatic carbocycles. The summed E-state index contributed by atoms with van der Waals surface area (Å²) in [7, 11) is 3.88. The zero-order chi connectivity index (χ0) is 22.9. The molecular weight excluding hydrogens is 444 g/mol. The van der Waals surface area contributed by atoms with Crippen molar-refractivity contribution in [2.75, 3.05) is 17.7 Å². The molecule has 1 aromatic heterocycles. The van der Waals surface area contributed by atoms with E-state index in [9.17, 15) is 4.79 Å². The first-order valence-electron chi connectivity index (χ1n) is 10.2. The molecule has 0 unspecified atom stereocenters. The van der Waals surface area contributed by atoms with Crippen LogP contribution >= 0.6 is 23.4 Å². The Labute approximate surface area is 197 Å². The van der Waals surface area contributed by atoms with E-state index >= 15 is 0 Å². The summed E-state index contributed by atoms with van der Waals surface area (Å²) in [6.45, 7) is 4.58. The molecule has 3 aromatic rings. The molecule has 2 aromatic carbocycles. The minimum absolute atomic E-state index is 0.0414. The Kier molecular flexibility index (Phi) is 6.31. The van der Waals surface area contributed by atoms with E-state index in [-0.39, 0.29) is 23.6 Å². The van der Waals surface area contributed by atoms with E-state index in [0.717, 1.165) is 11.4 Å². The zero-order valence-electron chi connectivity index (χ0n) is 18.5. The molecular formula is C24H25ClN4O2S. The molecule has 6 nitrogen and oxygen atoms in total. The second-order valence-electron chi connectivity index (χ2n) is 8.19. The van der Waals surface area contributed by atoms with Crippen LogP contribution in [-0.2, 0) is 23.9 Å².